The molecule has 2 N–H and O–H groups in total. The van der Waals surface area contributed by atoms with Gasteiger partial charge in [0, 0.05) is 16.3 Å². The maximum atomic E-state index is 12.6. The summed E-state index contributed by atoms with van der Waals surface area (Å²) < 4.78 is 4.88. The van der Waals surface area contributed by atoms with Crippen molar-refractivity contribution < 1.29 is 19.1 Å². The van der Waals surface area contributed by atoms with Crippen molar-refractivity contribution in [3.63, 3.8) is 0 Å². The van der Waals surface area contributed by atoms with Crippen molar-refractivity contribution >= 4 is 46.0 Å². The van der Waals surface area contributed by atoms with Crippen LogP contribution in [0.2, 0.25) is 0 Å². The molecule has 0 spiro atoms. The molecule has 0 radical (unpaired) electrons. The molecule has 2 aromatic rings. The molecule has 1 aromatic heterocycles. The predicted octanol–water partition coefficient (Wildman–Crippen LogP) is 3.19. The topological polar surface area (TPSA) is 97.4 Å². The highest BCUT2D eigenvalue weighted by Gasteiger charge is 2.16. The summed E-state index contributed by atoms with van der Waals surface area (Å²) in [5.41, 5.74) is 0.595. The number of rotatable bonds is 8. The third-order valence-corrected chi connectivity index (χ3v) is 4.98. The van der Waals surface area contributed by atoms with Gasteiger partial charge in [-0.1, -0.05) is 12.1 Å². The maximum Gasteiger partial charge on any atom is 0.357 e. The number of amides is 2. The molecule has 2 rings (SSSR count). The number of carbonyl (C=O) groups is 3. The van der Waals surface area contributed by atoms with Gasteiger partial charge in [-0.25, -0.2) is 9.78 Å². The highest BCUT2D eigenvalue weighted by Crippen LogP contribution is 2.24. The number of hydrogen-bond donors (Lipinski definition) is 2. The molecule has 144 valence electrons. The van der Waals surface area contributed by atoms with E-state index in [0.29, 0.717) is 15.6 Å². The van der Waals surface area contributed by atoms with Crippen molar-refractivity contribution in [2.75, 3.05) is 17.7 Å². The van der Waals surface area contributed by atoms with E-state index in [1.54, 1.807) is 25.1 Å². The molecule has 0 atom stereocenters. The summed E-state index contributed by atoms with van der Waals surface area (Å²) in [7, 11) is 0. The van der Waals surface area contributed by atoms with Crippen LogP contribution in [0.15, 0.2) is 34.5 Å². The Balaban J connectivity index is 2.04. The van der Waals surface area contributed by atoms with E-state index in [1.165, 1.54) is 17.1 Å². The third-order valence-electron chi connectivity index (χ3n) is 3.15. The SMILES string of the molecule is CCOC(=O)c1csc(NC(=O)c2ccccc2SCC(=O)NC(C)C)n1. The number of nitrogens with one attached hydrogen (secondary N) is 2. The van der Waals surface area contributed by atoms with Crippen molar-refractivity contribution in [1.82, 2.24) is 10.3 Å². The van der Waals surface area contributed by atoms with E-state index in [-0.39, 0.29) is 35.9 Å². The largest absolute Gasteiger partial charge is 0.461 e. The summed E-state index contributed by atoms with van der Waals surface area (Å²) in [5, 5.41) is 7.33. The minimum atomic E-state index is -0.527. The maximum absolute atomic E-state index is 12.6. The lowest BCUT2D eigenvalue weighted by Crippen LogP contribution is -2.31. The van der Waals surface area contributed by atoms with Gasteiger partial charge in [-0.3, -0.25) is 14.9 Å². The first-order valence-corrected chi connectivity index (χ1v) is 10.2. The summed E-state index contributed by atoms with van der Waals surface area (Å²) in [6.07, 6.45) is 0. The van der Waals surface area contributed by atoms with Gasteiger partial charge >= 0.3 is 5.97 Å². The molecule has 1 heterocycles. The number of benzene rings is 1. The molecule has 9 heteroatoms. The van der Waals surface area contributed by atoms with E-state index < -0.39 is 5.97 Å². The number of hydrogen-bond acceptors (Lipinski definition) is 7. The number of aromatic nitrogens is 1. The average molecular weight is 408 g/mol. The quantitative estimate of drug-likeness (QED) is 0.515. The number of thioether (sulfide) groups is 1. The number of anilines is 1. The Labute approximate surface area is 165 Å². The van der Waals surface area contributed by atoms with Gasteiger partial charge in [0.25, 0.3) is 5.91 Å². The van der Waals surface area contributed by atoms with Gasteiger partial charge in [0.05, 0.1) is 17.9 Å². The van der Waals surface area contributed by atoms with Gasteiger partial charge in [0.15, 0.2) is 10.8 Å². The molecule has 1 aromatic carbocycles. The van der Waals surface area contributed by atoms with E-state index >= 15 is 0 Å². The first-order valence-electron chi connectivity index (χ1n) is 8.36. The zero-order chi connectivity index (χ0) is 19.8. The normalized spacial score (nSPS) is 10.5. The van der Waals surface area contributed by atoms with Gasteiger partial charge in [-0.05, 0) is 32.9 Å². The number of esters is 1. The summed E-state index contributed by atoms with van der Waals surface area (Å²) in [6.45, 7) is 5.75. The zero-order valence-corrected chi connectivity index (χ0v) is 16.9. The van der Waals surface area contributed by atoms with E-state index in [0.717, 1.165) is 11.3 Å². The van der Waals surface area contributed by atoms with Crippen LogP contribution in [-0.2, 0) is 9.53 Å². The number of nitrogens with zero attached hydrogens (tertiary/aromatic N) is 1. The van der Waals surface area contributed by atoms with Crippen molar-refractivity contribution in [3.05, 3.63) is 40.9 Å². The molecule has 0 aliphatic heterocycles. The molecule has 0 fully saturated rings. The van der Waals surface area contributed by atoms with Crippen LogP contribution < -0.4 is 10.6 Å². The summed E-state index contributed by atoms with van der Waals surface area (Å²) in [5.74, 6) is -0.759. The van der Waals surface area contributed by atoms with E-state index in [9.17, 15) is 14.4 Å². The van der Waals surface area contributed by atoms with Crippen molar-refractivity contribution in [3.8, 4) is 0 Å². The molecule has 2 amide bonds. The smallest absolute Gasteiger partial charge is 0.357 e. The second kappa shape index (κ2) is 10.1. The molecule has 0 saturated carbocycles. The summed E-state index contributed by atoms with van der Waals surface area (Å²) >= 11 is 2.43. The van der Waals surface area contributed by atoms with Gasteiger partial charge < -0.3 is 10.1 Å². The van der Waals surface area contributed by atoms with Crippen molar-refractivity contribution in [2.24, 2.45) is 0 Å². The molecule has 27 heavy (non-hydrogen) atoms. The zero-order valence-electron chi connectivity index (χ0n) is 15.3. The number of carbonyl (C=O) groups excluding carboxylic acids is 3. The summed E-state index contributed by atoms with van der Waals surface area (Å²) in [4.78, 5) is 40.8. The lowest BCUT2D eigenvalue weighted by molar-refractivity contribution is -0.119. The van der Waals surface area contributed by atoms with Crippen molar-refractivity contribution in [2.45, 2.75) is 31.7 Å². The molecular weight excluding hydrogens is 386 g/mol. The standard InChI is InChI=1S/C18H21N3O4S2/c1-4-25-17(24)13-9-27-18(20-13)21-16(23)12-7-5-6-8-14(12)26-10-15(22)19-11(2)3/h5-9,11H,4,10H2,1-3H3,(H,19,22)(H,20,21,23). The van der Waals surface area contributed by atoms with Crippen LogP contribution in [0.4, 0.5) is 5.13 Å². The van der Waals surface area contributed by atoms with E-state index in [2.05, 4.69) is 15.6 Å². The van der Waals surface area contributed by atoms with Crippen LogP contribution in [0, 0.1) is 0 Å². The van der Waals surface area contributed by atoms with Crippen LogP contribution in [0.1, 0.15) is 41.6 Å². The van der Waals surface area contributed by atoms with Gasteiger partial charge in [0.2, 0.25) is 5.91 Å². The highest BCUT2D eigenvalue weighted by atomic mass is 32.2. The third kappa shape index (κ3) is 6.37. The Bertz CT molecular complexity index is 820. The number of thiazole rings is 1. The molecular formula is C18H21N3O4S2. The monoisotopic (exact) mass is 407 g/mol. The first kappa shape index (κ1) is 20.9. The molecule has 0 bridgehead atoms. The van der Waals surface area contributed by atoms with Crippen LogP contribution in [0.25, 0.3) is 0 Å². The second-order valence-corrected chi connectivity index (χ2v) is 7.59. The van der Waals surface area contributed by atoms with Crippen molar-refractivity contribution in [1.29, 1.82) is 0 Å². The predicted molar refractivity (Wildman–Crippen MR) is 106 cm³/mol. The number of ether oxygens (including phenoxy) is 1. The van der Waals surface area contributed by atoms with E-state index in [1.807, 2.05) is 19.9 Å². The molecule has 0 aliphatic carbocycles. The van der Waals surface area contributed by atoms with Crippen LogP contribution >= 0.6 is 23.1 Å². The van der Waals surface area contributed by atoms with E-state index in [4.69, 9.17) is 4.74 Å². The Morgan fingerprint density at radius 2 is 2.00 bits per heavy atom. The lowest BCUT2D eigenvalue weighted by Gasteiger charge is -2.10. The highest BCUT2D eigenvalue weighted by molar-refractivity contribution is 8.00. The Kier molecular flexibility index (Phi) is 7.81. The summed E-state index contributed by atoms with van der Waals surface area (Å²) in [6, 6.07) is 7.09. The Morgan fingerprint density at radius 1 is 1.26 bits per heavy atom. The van der Waals surface area contributed by atoms with Gasteiger partial charge in [-0.15, -0.1) is 23.1 Å². The van der Waals surface area contributed by atoms with Crippen LogP contribution in [-0.4, -0.2) is 41.2 Å². The lowest BCUT2D eigenvalue weighted by atomic mass is 10.2. The molecule has 0 saturated heterocycles. The Morgan fingerprint density at radius 3 is 2.70 bits per heavy atom. The molecule has 0 aliphatic rings. The average Bonchev–Trinajstić information content (AvgIpc) is 3.08. The first-order chi connectivity index (χ1) is 12.9. The second-order valence-electron chi connectivity index (χ2n) is 5.72. The fourth-order valence-electron chi connectivity index (χ4n) is 2.08. The Hall–Kier alpha value is -2.39. The fourth-order valence-corrected chi connectivity index (χ4v) is 3.62. The van der Waals surface area contributed by atoms with Crippen LogP contribution in [0.3, 0.4) is 0 Å². The minimum Gasteiger partial charge on any atom is -0.461 e. The molecule has 7 nitrogen and oxygen atoms in total. The van der Waals surface area contributed by atoms with Gasteiger partial charge in [0.1, 0.15) is 0 Å². The fraction of sp³-hybridized carbons (Fsp3) is 0.333. The van der Waals surface area contributed by atoms with Crippen LogP contribution in [0.5, 0.6) is 0 Å². The molecule has 0 unspecified atom stereocenters. The minimum absolute atomic E-state index is 0.0649. The van der Waals surface area contributed by atoms with Gasteiger partial charge in [-0.2, -0.15) is 0 Å².